The Hall–Kier alpha value is -2.95. The Balaban J connectivity index is 1.96. The lowest BCUT2D eigenvalue weighted by molar-refractivity contribution is 0.102. The highest BCUT2D eigenvalue weighted by Gasteiger charge is 2.19. The predicted molar refractivity (Wildman–Crippen MR) is 105 cm³/mol. The second-order valence-corrected chi connectivity index (χ2v) is 6.60. The lowest BCUT2D eigenvalue weighted by Crippen LogP contribution is -2.14. The number of hydrogen-bond acceptors (Lipinski definition) is 3. The molecular weight excluding hydrogens is 328 g/mol. The number of fused-ring (bicyclic) bond motifs is 1. The van der Waals surface area contributed by atoms with Crippen LogP contribution < -0.4 is 14.8 Å². The van der Waals surface area contributed by atoms with Crippen LogP contribution in [0.3, 0.4) is 0 Å². The SMILES string of the molecule is COc1cc(OC)c(C(C)C)cc1C(=O)Nc1ccc2c(ccn2C)c1. The van der Waals surface area contributed by atoms with Gasteiger partial charge in [-0.3, -0.25) is 4.79 Å². The molecule has 1 N–H and O–H groups in total. The Kier molecular flexibility index (Phi) is 4.89. The maximum absolute atomic E-state index is 12.9. The van der Waals surface area contributed by atoms with Gasteiger partial charge < -0.3 is 19.4 Å². The van der Waals surface area contributed by atoms with Crippen molar-refractivity contribution in [3.63, 3.8) is 0 Å². The molecule has 2 aromatic carbocycles. The van der Waals surface area contributed by atoms with E-state index < -0.39 is 0 Å². The zero-order chi connectivity index (χ0) is 18.8. The van der Waals surface area contributed by atoms with Gasteiger partial charge in [-0.05, 0) is 41.8 Å². The minimum atomic E-state index is -0.207. The second kappa shape index (κ2) is 7.12. The van der Waals surface area contributed by atoms with Gasteiger partial charge in [-0.2, -0.15) is 0 Å². The lowest BCUT2D eigenvalue weighted by Gasteiger charge is -2.17. The molecule has 136 valence electrons. The normalized spacial score (nSPS) is 11.0. The summed E-state index contributed by atoms with van der Waals surface area (Å²) in [6, 6.07) is 11.5. The van der Waals surface area contributed by atoms with Crippen LogP contribution in [0.4, 0.5) is 5.69 Å². The Bertz CT molecular complexity index is 957. The number of nitrogens with one attached hydrogen (secondary N) is 1. The molecule has 1 heterocycles. The molecule has 0 unspecified atom stereocenters. The number of amides is 1. The standard InChI is InChI=1S/C21H24N2O3/c1-13(2)16-11-17(20(26-5)12-19(16)25-4)21(24)22-15-6-7-18-14(10-15)8-9-23(18)3/h6-13H,1-5H3,(H,22,24). The van der Waals surface area contributed by atoms with Crippen molar-refractivity contribution < 1.29 is 14.3 Å². The van der Waals surface area contributed by atoms with Crippen LogP contribution in [0.2, 0.25) is 0 Å². The first-order valence-electron chi connectivity index (χ1n) is 8.57. The van der Waals surface area contributed by atoms with Crippen LogP contribution >= 0.6 is 0 Å². The van der Waals surface area contributed by atoms with Crippen molar-refractivity contribution in [1.29, 1.82) is 0 Å². The summed E-state index contributed by atoms with van der Waals surface area (Å²) in [6.45, 7) is 4.13. The van der Waals surface area contributed by atoms with Crippen molar-refractivity contribution in [2.24, 2.45) is 7.05 Å². The molecule has 0 aliphatic rings. The topological polar surface area (TPSA) is 52.5 Å². The van der Waals surface area contributed by atoms with Gasteiger partial charge in [0, 0.05) is 35.9 Å². The molecule has 1 aromatic heterocycles. The van der Waals surface area contributed by atoms with Crippen LogP contribution in [0.1, 0.15) is 35.7 Å². The average molecular weight is 352 g/mol. The molecule has 0 radical (unpaired) electrons. The summed E-state index contributed by atoms with van der Waals surface area (Å²) in [7, 11) is 5.17. The van der Waals surface area contributed by atoms with Crippen LogP contribution in [0, 0.1) is 0 Å². The summed E-state index contributed by atoms with van der Waals surface area (Å²) in [4.78, 5) is 12.9. The second-order valence-electron chi connectivity index (χ2n) is 6.60. The number of carbonyl (C=O) groups is 1. The van der Waals surface area contributed by atoms with Gasteiger partial charge in [0.1, 0.15) is 11.5 Å². The number of ether oxygens (including phenoxy) is 2. The van der Waals surface area contributed by atoms with Crippen molar-refractivity contribution in [2.75, 3.05) is 19.5 Å². The summed E-state index contributed by atoms with van der Waals surface area (Å²) >= 11 is 0. The van der Waals surface area contributed by atoms with Gasteiger partial charge in [0.05, 0.1) is 19.8 Å². The van der Waals surface area contributed by atoms with E-state index in [2.05, 4.69) is 19.2 Å². The predicted octanol–water partition coefficient (Wildman–Crippen LogP) is 4.57. The first-order chi connectivity index (χ1) is 12.4. The zero-order valence-electron chi connectivity index (χ0n) is 15.8. The van der Waals surface area contributed by atoms with E-state index in [0.29, 0.717) is 11.3 Å². The number of carbonyl (C=O) groups excluding carboxylic acids is 1. The highest BCUT2D eigenvalue weighted by atomic mass is 16.5. The number of hydrogen-bond donors (Lipinski definition) is 1. The molecule has 0 saturated heterocycles. The molecular formula is C21H24N2O3. The number of anilines is 1. The fourth-order valence-electron chi connectivity index (χ4n) is 3.11. The van der Waals surface area contributed by atoms with Gasteiger partial charge in [0.25, 0.3) is 5.91 Å². The van der Waals surface area contributed by atoms with E-state index in [9.17, 15) is 4.79 Å². The molecule has 5 heteroatoms. The Morgan fingerprint density at radius 3 is 2.42 bits per heavy atom. The molecule has 3 rings (SSSR count). The summed E-state index contributed by atoms with van der Waals surface area (Å²) in [5.41, 5.74) is 3.33. The summed E-state index contributed by atoms with van der Waals surface area (Å²) in [5, 5.41) is 4.05. The zero-order valence-corrected chi connectivity index (χ0v) is 15.8. The summed E-state index contributed by atoms with van der Waals surface area (Å²) < 4.78 is 12.9. The van der Waals surface area contributed by atoms with Gasteiger partial charge in [0.15, 0.2) is 0 Å². The van der Waals surface area contributed by atoms with Crippen molar-refractivity contribution in [3.05, 3.63) is 53.7 Å². The molecule has 5 nitrogen and oxygen atoms in total. The third-order valence-electron chi connectivity index (χ3n) is 4.56. The molecule has 0 aliphatic carbocycles. The largest absolute Gasteiger partial charge is 0.496 e. The van der Waals surface area contributed by atoms with Gasteiger partial charge in [0.2, 0.25) is 0 Å². The highest BCUT2D eigenvalue weighted by Crippen LogP contribution is 2.34. The maximum atomic E-state index is 12.9. The maximum Gasteiger partial charge on any atom is 0.259 e. The third-order valence-corrected chi connectivity index (χ3v) is 4.56. The van der Waals surface area contributed by atoms with Crippen molar-refractivity contribution in [1.82, 2.24) is 4.57 Å². The molecule has 0 saturated carbocycles. The molecule has 0 atom stereocenters. The number of nitrogens with zero attached hydrogens (tertiary/aromatic N) is 1. The molecule has 3 aromatic rings. The summed E-state index contributed by atoms with van der Waals surface area (Å²) in [5.74, 6) is 1.23. The molecule has 0 bridgehead atoms. The highest BCUT2D eigenvalue weighted by molar-refractivity contribution is 6.07. The minimum Gasteiger partial charge on any atom is -0.496 e. The quantitative estimate of drug-likeness (QED) is 0.732. The number of aromatic nitrogens is 1. The van der Waals surface area contributed by atoms with Crippen molar-refractivity contribution in [3.8, 4) is 11.5 Å². The first-order valence-corrected chi connectivity index (χ1v) is 8.57. The van der Waals surface area contributed by atoms with E-state index in [0.717, 1.165) is 27.9 Å². The lowest BCUT2D eigenvalue weighted by atomic mass is 9.98. The molecule has 0 spiro atoms. The fraction of sp³-hybridized carbons (Fsp3) is 0.286. The Labute approximate surface area is 153 Å². The summed E-state index contributed by atoms with van der Waals surface area (Å²) in [6.07, 6.45) is 2.00. The van der Waals surface area contributed by atoms with Crippen molar-refractivity contribution >= 4 is 22.5 Å². The van der Waals surface area contributed by atoms with E-state index in [4.69, 9.17) is 9.47 Å². The third kappa shape index (κ3) is 3.25. The van der Waals surface area contributed by atoms with E-state index >= 15 is 0 Å². The van der Waals surface area contributed by atoms with Crippen LogP contribution in [-0.2, 0) is 7.05 Å². The van der Waals surface area contributed by atoms with Crippen LogP contribution in [0.25, 0.3) is 10.9 Å². The van der Waals surface area contributed by atoms with Gasteiger partial charge in [-0.25, -0.2) is 0 Å². The number of benzene rings is 2. The Morgan fingerprint density at radius 2 is 1.77 bits per heavy atom. The van der Waals surface area contributed by atoms with Gasteiger partial charge in [-0.15, -0.1) is 0 Å². The monoisotopic (exact) mass is 352 g/mol. The van der Waals surface area contributed by atoms with Gasteiger partial charge in [-0.1, -0.05) is 13.8 Å². The molecule has 0 aliphatic heterocycles. The van der Waals surface area contributed by atoms with E-state index in [-0.39, 0.29) is 11.8 Å². The van der Waals surface area contributed by atoms with E-state index in [1.165, 1.54) is 0 Å². The first kappa shape index (κ1) is 17.9. The fourth-order valence-corrected chi connectivity index (χ4v) is 3.11. The molecule has 0 fully saturated rings. The minimum absolute atomic E-state index is 0.207. The van der Waals surface area contributed by atoms with E-state index in [1.807, 2.05) is 48.1 Å². The van der Waals surface area contributed by atoms with Crippen molar-refractivity contribution in [2.45, 2.75) is 19.8 Å². The molecule has 26 heavy (non-hydrogen) atoms. The van der Waals surface area contributed by atoms with Crippen LogP contribution in [-0.4, -0.2) is 24.7 Å². The molecule has 1 amide bonds. The Morgan fingerprint density at radius 1 is 1.04 bits per heavy atom. The van der Waals surface area contributed by atoms with E-state index in [1.54, 1.807) is 20.3 Å². The van der Waals surface area contributed by atoms with Crippen LogP contribution in [0.15, 0.2) is 42.6 Å². The smallest absolute Gasteiger partial charge is 0.259 e. The average Bonchev–Trinajstić information content (AvgIpc) is 3.00. The number of rotatable bonds is 5. The number of methoxy groups -OCH3 is 2. The van der Waals surface area contributed by atoms with Gasteiger partial charge >= 0.3 is 0 Å². The number of aryl methyl sites for hydroxylation is 1. The van der Waals surface area contributed by atoms with Crippen LogP contribution in [0.5, 0.6) is 11.5 Å².